The third-order valence-corrected chi connectivity index (χ3v) is 7.27. The number of esters is 1. The number of carboxylic acid groups (broad SMARTS) is 1. The standard InChI is InChI=1S/C20H29NO9/c1-11-5-6-13-12(2)16(26-15(24)10-25-9-14(22)23)27-17-20(13)19(11,21-4)8-7-18(3,28-17)29-30-20/h11-13,16-17H,4-10H2,1-3H3,(H,22,23)/t11-,12-,13?,16?,17-,18-,19-,20-/m1/s1. The molecule has 4 saturated heterocycles. The maximum Gasteiger partial charge on any atom is 0.334 e. The highest BCUT2D eigenvalue weighted by Crippen LogP contribution is 2.63. The van der Waals surface area contributed by atoms with E-state index in [0.29, 0.717) is 12.8 Å². The van der Waals surface area contributed by atoms with Crippen molar-refractivity contribution in [3.63, 3.8) is 0 Å². The van der Waals surface area contributed by atoms with Gasteiger partial charge in [-0.2, -0.15) is 0 Å². The zero-order valence-corrected chi connectivity index (χ0v) is 17.5. The van der Waals surface area contributed by atoms with E-state index >= 15 is 0 Å². The number of ether oxygens (including phenoxy) is 4. The number of nitrogens with zero attached hydrogens (tertiary/aromatic N) is 1. The molecule has 30 heavy (non-hydrogen) atoms. The highest BCUT2D eigenvalue weighted by Gasteiger charge is 2.76. The molecule has 0 aromatic rings. The number of carbonyl (C=O) groups excluding carboxylic acids is 1. The van der Waals surface area contributed by atoms with Crippen LogP contribution >= 0.6 is 0 Å². The highest BCUT2D eigenvalue weighted by atomic mass is 17.3. The van der Waals surface area contributed by atoms with Gasteiger partial charge in [-0.1, -0.05) is 13.8 Å². The van der Waals surface area contributed by atoms with Crippen molar-refractivity contribution < 1.29 is 43.4 Å². The van der Waals surface area contributed by atoms with Crippen molar-refractivity contribution in [2.75, 3.05) is 13.2 Å². The fourth-order valence-corrected chi connectivity index (χ4v) is 5.69. The fraction of sp³-hybridized carbons (Fsp3) is 0.850. The second kappa shape index (κ2) is 7.52. The summed E-state index contributed by atoms with van der Waals surface area (Å²) >= 11 is 0. The number of carbonyl (C=O) groups is 2. The van der Waals surface area contributed by atoms with Gasteiger partial charge in [-0.25, -0.2) is 19.4 Å². The molecular weight excluding hydrogens is 398 g/mol. The number of rotatable bonds is 6. The first-order valence-corrected chi connectivity index (χ1v) is 10.3. The van der Waals surface area contributed by atoms with E-state index in [9.17, 15) is 9.59 Å². The first-order chi connectivity index (χ1) is 14.2. The van der Waals surface area contributed by atoms with E-state index in [4.69, 9.17) is 33.8 Å². The van der Waals surface area contributed by atoms with Crippen molar-refractivity contribution in [1.82, 2.24) is 0 Å². The summed E-state index contributed by atoms with van der Waals surface area (Å²) in [6.45, 7) is 8.70. The molecule has 0 amide bonds. The molecule has 10 nitrogen and oxygen atoms in total. The van der Waals surface area contributed by atoms with Crippen molar-refractivity contribution >= 4 is 18.7 Å². The van der Waals surface area contributed by atoms with Crippen molar-refractivity contribution in [2.24, 2.45) is 22.7 Å². The van der Waals surface area contributed by atoms with E-state index in [-0.39, 0.29) is 17.8 Å². The first-order valence-electron chi connectivity index (χ1n) is 10.3. The maximum absolute atomic E-state index is 12.2. The quantitative estimate of drug-likeness (QED) is 0.383. The molecule has 1 aliphatic carbocycles. The largest absolute Gasteiger partial charge is 0.480 e. The van der Waals surface area contributed by atoms with E-state index in [1.54, 1.807) is 6.92 Å². The predicted octanol–water partition coefficient (Wildman–Crippen LogP) is 1.66. The van der Waals surface area contributed by atoms with Gasteiger partial charge in [0.2, 0.25) is 12.1 Å². The molecule has 1 spiro atoms. The van der Waals surface area contributed by atoms with Crippen molar-refractivity contribution in [3.8, 4) is 0 Å². The summed E-state index contributed by atoms with van der Waals surface area (Å²) in [4.78, 5) is 39.2. The summed E-state index contributed by atoms with van der Waals surface area (Å²) in [6, 6.07) is 0. The van der Waals surface area contributed by atoms with Gasteiger partial charge in [0.15, 0.2) is 11.9 Å². The Morgan fingerprint density at radius 2 is 1.97 bits per heavy atom. The van der Waals surface area contributed by atoms with Crippen molar-refractivity contribution in [3.05, 3.63) is 0 Å². The molecule has 1 saturated carbocycles. The monoisotopic (exact) mass is 427 g/mol. The minimum absolute atomic E-state index is 0.113. The van der Waals surface area contributed by atoms with Gasteiger partial charge in [-0.15, -0.1) is 0 Å². The zero-order chi connectivity index (χ0) is 21.7. The Kier molecular flexibility index (Phi) is 5.43. The van der Waals surface area contributed by atoms with Crippen molar-refractivity contribution in [1.29, 1.82) is 0 Å². The predicted molar refractivity (Wildman–Crippen MR) is 100 cm³/mol. The lowest BCUT2D eigenvalue weighted by molar-refractivity contribution is -0.577. The molecule has 2 unspecified atom stereocenters. The van der Waals surface area contributed by atoms with Crippen LogP contribution in [0.25, 0.3) is 0 Å². The molecule has 1 N–H and O–H groups in total. The van der Waals surface area contributed by atoms with Gasteiger partial charge < -0.3 is 24.1 Å². The number of carboxylic acids is 1. The minimum atomic E-state index is -1.16. The van der Waals surface area contributed by atoms with Crippen LogP contribution in [0.3, 0.4) is 0 Å². The lowest BCUT2D eigenvalue weighted by Gasteiger charge is -2.63. The fourth-order valence-electron chi connectivity index (χ4n) is 5.69. The Morgan fingerprint density at radius 3 is 2.67 bits per heavy atom. The Balaban J connectivity index is 1.61. The second-order valence-corrected chi connectivity index (χ2v) is 8.95. The van der Waals surface area contributed by atoms with Crippen LogP contribution in [0.5, 0.6) is 0 Å². The Morgan fingerprint density at radius 1 is 1.20 bits per heavy atom. The Labute approximate surface area is 174 Å². The zero-order valence-electron chi connectivity index (χ0n) is 17.5. The molecule has 5 fully saturated rings. The molecule has 0 radical (unpaired) electrons. The highest BCUT2D eigenvalue weighted by molar-refractivity contribution is 5.72. The number of fused-ring (bicyclic) bond motifs is 2. The summed E-state index contributed by atoms with van der Waals surface area (Å²) < 4.78 is 22.7. The first kappa shape index (κ1) is 21.6. The molecule has 0 aromatic carbocycles. The van der Waals surface area contributed by atoms with E-state index in [2.05, 4.69) is 18.6 Å². The number of hydrogen-bond acceptors (Lipinski definition) is 9. The van der Waals surface area contributed by atoms with Crippen LogP contribution in [0.15, 0.2) is 4.99 Å². The van der Waals surface area contributed by atoms with Gasteiger partial charge >= 0.3 is 11.9 Å². The summed E-state index contributed by atoms with van der Waals surface area (Å²) in [7, 11) is 0. The van der Waals surface area contributed by atoms with Gasteiger partial charge in [0.05, 0.1) is 0 Å². The molecule has 2 bridgehead atoms. The SMILES string of the molecule is C=N[C@@]12CC[C@@]3(C)OO[C@@]14C(CC[C@H]2C)[C@@H](C)C(OC(=O)COCC(=O)O)O[C@@H]4O3. The summed E-state index contributed by atoms with van der Waals surface area (Å²) in [5.74, 6) is -3.05. The topological polar surface area (TPSA) is 122 Å². The Bertz CT molecular complexity index is 731. The normalized spacial score (nSPS) is 47.1. The van der Waals surface area contributed by atoms with Gasteiger partial charge in [0.25, 0.3) is 0 Å². The lowest BCUT2D eigenvalue weighted by atomic mass is 9.54. The molecule has 8 atom stereocenters. The molecule has 4 aliphatic heterocycles. The van der Waals surface area contributed by atoms with E-state index < -0.39 is 54.7 Å². The third kappa shape index (κ3) is 3.08. The van der Waals surface area contributed by atoms with E-state index in [1.807, 2.05) is 6.92 Å². The third-order valence-electron chi connectivity index (χ3n) is 7.27. The number of aliphatic carboxylic acids is 1. The van der Waals surface area contributed by atoms with E-state index in [0.717, 1.165) is 12.8 Å². The van der Waals surface area contributed by atoms with Gasteiger partial charge in [-0.3, -0.25) is 4.99 Å². The molecule has 0 aromatic heterocycles. The molecule has 168 valence electrons. The molecule has 10 heteroatoms. The molecule has 5 rings (SSSR count). The summed E-state index contributed by atoms with van der Waals surface area (Å²) in [6.07, 6.45) is 1.20. The van der Waals surface area contributed by atoms with Crippen LogP contribution in [0.2, 0.25) is 0 Å². The van der Waals surface area contributed by atoms with Crippen LogP contribution < -0.4 is 0 Å². The van der Waals surface area contributed by atoms with E-state index in [1.165, 1.54) is 0 Å². The van der Waals surface area contributed by atoms with Crippen LogP contribution in [0, 0.1) is 17.8 Å². The number of hydrogen-bond donors (Lipinski definition) is 1. The van der Waals surface area contributed by atoms with Crippen molar-refractivity contribution in [2.45, 2.75) is 76.0 Å². The van der Waals surface area contributed by atoms with Crippen LogP contribution in [-0.4, -0.2) is 66.5 Å². The minimum Gasteiger partial charge on any atom is -0.480 e. The van der Waals surface area contributed by atoms with Gasteiger partial charge in [-0.05, 0) is 38.8 Å². The van der Waals surface area contributed by atoms with Crippen LogP contribution in [0.4, 0.5) is 0 Å². The van der Waals surface area contributed by atoms with Gasteiger partial charge in [0, 0.05) is 18.3 Å². The lowest BCUT2D eigenvalue weighted by Crippen LogP contribution is -2.76. The van der Waals surface area contributed by atoms with Crippen LogP contribution in [0.1, 0.15) is 46.5 Å². The molecular formula is C20H29NO9. The maximum atomic E-state index is 12.2. The number of aliphatic imine (C=N–C) groups is 1. The summed E-state index contributed by atoms with van der Waals surface area (Å²) in [5, 5.41) is 8.64. The smallest absolute Gasteiger partial charge is 0.334 e. The van der Waals surface area contributed by atoms with Gasteiger partial charge in [0.1, 0.15) is 18.8 Å². The molecule has 5 aliphatic rings. The summed E-state index contributed by atoms with van der Waals surface area (Å²) in [5.41, 5.74) is -1.65. The second-order valence-electron chi connectivity index (χ2n) is 8.95. The van der Waals surface area contributed by atoms with Crippen LogP contribution in [-0.2, 0) is 38.3 Å². The average Bonchev–Trinajstić information content (AvgIpc) is 2.89. The Hall–Kier alpha value is -1.59. The molecule has 4 heterocycles. The average molecular weight is 427 g/mol.